The fourth-order valence-electron chi connectivity index (χ4n) is 4.64. The first-order chi connectivity index (χ1) is 17.4. The third-order valence-electron chi connectivity index (χ3n) is 7.43. The topological polar surface area (TPSA) is 84.9 Å². The zero-order valence-electron chi connectivity index (χ0n) is 24.5. The summed E-state index contributed by atoms with van der Waals surface area (Å²) in [4.78, 5) is 15.2. The Morgan fingerprint density at radius 2 is 1.39 bits per heavy atom. The molecule has 1 heterocycles. The molecule has 0 radical (unpaired) electrons. The smallest absolute Gasteiger partial charge is 0.399 e. The molecule has 3 rings (SSSR count). The van der Waals surface area contributed by atoms with Crippen molar-refractivity contribution in [2.24, 2.45) is 0 Å². The number of hydrogen-bond donors (Lipinski definition) is 1. The van der Waals surface area contributed by atoms with Gasteiger partial charge in [-0.2, -0.15) is 0 Å². The molecule has 1 aliphatic rings. The van der Waals surface area contributed by atoms with E-state index in [2.05, 4.69) is 32.4 Å². The zero-order valence-corrected chi connectivity index (χ0v) is 25.3. The van der Waals surface area contributed by atoms with Crippen LogP contribution in [0.3, 0.4) is 0 Å². The van der Waals surface area contributed by atoms with E-state index in [9.17, 15) is 13.2 Å². The summed E-state index contributed by atoms with van der Waals surface area (Å²) in [5, 5.41) is 0. The molecule has 1 N–H and O–H groups in total. The van der Waals surface area contributed by atoms with Crippen LogP contribution in [0.15, 0.2) is 41.3 Å². The molecule has 38 heavy (non-hydrogen) atoms. The number of amides is 1. The quantitative estimate of drug-likeness (QED) is 0.475. The monoisotopic (exact) mass is 542 g/mol. The first-order valence-corrected chi connectivity index (χ1v) is 14.7. The lowest BCUT2D eigenvalue weighted by Crippen LogP contribution is -2.41. The van der Waals surface area contributed by atoms with Gasteiger partial charge in [-0.1, -0.05) is 52.0 Å². The van der Waals surface area contributed by atoms with Crippen molar-refractivity contribution in [1.82, 2.24) is 9.62 Å². The standard InChI is InChI=1S/C29H43BN2O5S/c1-19(2)24-15-22(30-36-28(5,6)29(7,8)37-30)16-25(20(3)4)26(24)17-27(33)31-38(34,35)23-13-11-21(12-14-23)18-32(9)10/h11-16,19-20H,17-18H2,1-10H3,(H,31,33). The van der Waals surface area contributed by atoms with Gasteiger partial charge in [0.05, 0.1) is 22.5 Å². The van der Waals surface area contributed by atoms with Crippen molar-refractivity contribution in [2.75, 3.05) is 14.1 Å². The lowest BCUT2D eigenvalue weighted by molar-refractivity contribution is -0.118. The molecular formula is C29H43BN2O5S. The van der Waals surface area contributed by atoms with Crippen molar-refractivity contribution in [3.05, 3.63) is 58.7 Å². The minimum Gasteiger partial charge on any atom is -0.399 e. The minimum atomic E-state index is -3.99. The Kier molecular flexibility index (Phi) is 8.88. The van der Waals surface area contributed by atoms with E-state index in [0.717, 1.165) is 27.7 Å². The number of carbonyl (C=O) groups is 1. The predicted molar refractivity (Wildman–Crippen MR) is 153 cm³/mol. The normalized spacial score (nSPS) is 17.0. The van der Waals surface area contributed by atoms with E-state index in [1.165, 1.54) is 12.1 Å². The van der Waals surface area contributed by atoms with Gasteiger partial charge in [0.25, 0.3) is 10.0 Å². The van der Waals surface area contributed by atoms with E-state index in [0.29, 0.717) is 6.54 Å². The molecule has 7 nitrogen and oxygen atoms in total. The Balaban J connectivity index is 1.90. The summed E-state index contributed by atoms with van der Waals surface area (Å²) < 4.78 is 40.8. The SMILES string of the molecule is CC(C)c1cc(B2OC(C)(C)C(C)(C)O2)cc(C(C)C)c1CC(=O)NS(=O)(=O)c1ccc(CN(C)C)cc1. The molecule has 0 spiro atoms. The molecule has 0 aromatic heterocycles. The fourth-order valence-corrected chi connectivity index (χ4v) is 5.62. The summed E-state index contributed by atoms with van der Waals surface area (Å²) in [7, 11) is -0.615. The van der Waals surface area contributed by atoms with Gasteiger partial charge in [0.2, 0.25) is 5.91 Å². The Morgan fingerprint density at radius 1 is 0.921 bits per heavy atom. The van der Waals surface area contributed by atoms with Crippen LogP contribution in [0.25, 0.3) is 0 Å². The van der Waals surface area contributed by atoms with Crippen LogP contribution in [0.4, 0.5) is 0 Å². The molecule has 2 aromatic carbocycles. The highest BCUT2D eigenvalue weighted by Gasteiger charge is 2.52. The maximum atomic E-state index is 13.1. The average molecular weight is 543 g/mol. The molecule has 1 saturated heterocycles. The first-order valence-electron chi connectivity index (χ1n) is 13.2. The van der Waals surface area contributed by atoms with E-state index < -0.39 is 34.3 Å². The van der Waals surface area contributed by atoms with Crippen LogP contribution < -0.4 is 10.2 Å². The Morgan fingerprint density at radius 3 is 1.82 bits per heavy atom. The third kappa shape index (κ3) is 6.68. The Labute approximate surface area is 229 Å². The molecule has 0 saturated carbocycles. The van der Waals surface area contributed by atoms with Crippen LogP contribution in [-0.4, -0.2) is 51.6 Å². The van der Waals surface area contributed by atoms with Gasteiger partial charge in [0.1, 0.15) is 0 Å². The van der Waals surface area contributed by atoms with Gasteiger partial charge in [-0.05, 0) is 93.5 Å². The lowest BCUT2D eigenvalue weighted by Gasteiger charge is -2.32. The summed E-state index contributed by atoms with van der Waals surface area (Å²) in [6, 6.07) is 10.7. The largest absolute Gasteiger partial charge is 0.494 e. The van der Waals surface area contributed by atoms with Crippen LogP contribution in [0.2, 0.25) is 0 Å². The second-order valence-corrected chi connectivity index (χ2v) is 13.8. The van der Waals surface area contributed by atoms with Crippen LogP contribution in [0.5, 0.6) is 0 Å². The summed E-state index contributed by atoms with van der Waals surface area (Å²) in [6.07, 6.45) is -0.0391. The lowest BCUT2D eigenvalue weighted by atomic mass is 9.73. The molecule has 2 aromatic rings. The van der Waals surface area contributed by atoms with Gasteiger partial charge in [-0.25, -0.2) is 13.1 Å². The molecule has 1 aliphatic heterocycles. The van der Waals surface area contributed by atoms with Gasteiger partial charge in [-0.3, -0.25) is 4.79 Å². The van der Waals surface area contributed by atoms with Gasteiger partial charge >= 0.3 is 7.12 Å². The molecule has 9 heteroatoms. The van der Waals surface area contributed by atoms with Crippen molar-refractivity contribution in [2.45, 2.75) is 96.3 Å². The highest BCUT2D eigenvalue weighted by molar-refractivity contribution is 7.90. The molecule has 1 fully saturated rings. The van der Waals surface area contributed by atoms with Gasteiger partial charge in [0, 0.05) is 6.54 Å². The third-order valence-corrected chi connectivity index (χ3v) is 8.82. The highest BCUT2D eigenvalue weighted by atomic mass is 32.2. The van der Waals surface area contributed by atoms with Crippen molar-refractivity contribution >= 4 is 28.5 Å². The highest BCUT2D eigenvalue weighted by Crippen LogP contribution is 2.37. The summed E-state index contributed by atoms with van der Waals surface area (Å²) in [5.41, 5.74) is 3.79. The molecule has 0 bridgehead atoms. The molecule has 208 valence electrons. The van der Waals surface area contributed by atoms with E-state index in [-0.39, 0.29) is 23.2 Å². The summed E-state index contributed by atoms with van der Waals surface area (Å²) in [5.74, 6) is -0.341. The van der Waals surface area contributed by atoms with Crippen molar-refractivity contribution in [3.63, 3.8) is 0 Å². The molecule has 0 aliphatic carbocycles. The Hall–Kier alpha value is -2.20. The van der Waals surface area contributed by atoms with Crippen molar-refractivity contribution < 1.29 is 22.5 Å². The number of benzene rings is 2. The van der Waals surface area contributed by atoms with E-state index >= 15 is 0 Å². The number of rotatable bonds is 9. The van der Waals surface area contributed by atoms with Crippen LogP contribution in [-0.2, 0) is 37.1 Å². The first kappa shape index (κ1) is 30.3. The fraction of sp³-hybridized carbons (Fsp3) is 0.552. The maximum Gasteiger partial charge on any atom is 0.494 e. The second-order valence-electron chi connectivity index (χ2n) is 12.2. The van der Waals surface area contributed by atoms with Crippen LogP contribution in [0, 0.1) is 0 Å². The Bertz CT molecular complexity index is 1220. The predicted octanol–water partition coefficient (Wildman–Crippen LogP) is 4.34. The van der Waals surface area contributed by atoms with Gasteiger partial charge in [-0.15, -0.1) is 0 Å². The molecule has 0 atom stereocenters. The number of nitrogens with zero attached hydrogens (tertiary/aromatic N) is 1. The van der Waals surface area contributed by atoms with Gasteiger partial charge < -0.3 is 14.2 Å². The van der Waals surface area contributed by atoms with Crippen molar-refractivity contribution in [1.29, 1.82) is 0 Å². The van der Waals surface area contributed by atoms with Crippen LogP contribution in [0.1, 0.15) is 89.5 Å². The van der Waals surface area contributed by atoms with Crippen molar-refractivity contribution in [3.8, 4) is 0 Å². The van der Waals surface area contributed by atoms with E-state index in [1.807, 2.05) is 58.8 Å². The van der Waals surface area contributed by atoms with E-state index in [4.69, 9.17) is 9.31 Å². The number of sulfonamides is 1. The van der Waals surface area contributed by atoms with Crippen LogP contribution >= 0.6 is 0 Å². The number of nitrogens with one attached hydrogen (secondary N) is 1. The molecular weight excluding hydrogens is 499 g/mol. The number of hydrogen-bond acceptors (Lipinski definition) is 6. The second kappa shape index (κ2) is 11.1. The maximum absolute atomic E-state index is 13.1. The van der Waals surface area contributed by atoms with Gasteiger partial charge in [0.15, 0.2) is 0 Å². The average Bonchev–Trinajstić information content (AvgIpc) is 2.99. The summed E-state index contributed by atoms with van der Waals surface area (Å²) in [6.45, 7) is 17.1. The van der Waals surface area contributed by atoms with E-state index in [1.54, 1.807) is 12.1 Å². The minimum absolute atomic E-state index is 0.0391. The molecule has 0 unspecified atom stereocenters. The number of carbonyl (C=O) groups excluding carboxylic acids is 1. The molecule has 1 amide bonds. The summed E-state index contributed by atoms with van der Waals surface area (Å²) >= 11 is 0. The zero-order chi connectivity index (χ0) is 28.6.